The number of Topliss-reactive ketones (excluding diaryl/α,β-unsaturated/α-hetero) is 1. The number of azo groups is 1. The number of hydrogen-bond acceptors (Lipinski definition) is 8. The van der Waals surface area contributed by atoms with Gasteiger partial charge in [0.25, 0.3) is 0 Å². The number of carbonyl (C=O) groups excluding carboxylic acids is 3. The van der Waals surface area contributed by atoms with Crippen LogP contribution in [-0.2, 0) is 20.7 Å². The van der Waals surface area contributed by atoms with Crippen LogP contribution in [-0.4, -0.2) is 53.5 Å². The average molecular weight is 680 g/mol. The maximum Gasteiger partial charge on any atom is 0.407 e. The van der Waals surface area contributed by atoms with Crippen LogP contribution in [0.1, 0.15) is 79.9 Å². The molecule has 2 amide bonds. The van der Waals surface area contributed by atoms with Crippen LogP contribution in [0.2, 0.25) is 0 Å². The third-order valence-electron chi connectivity index (χ3n) is 9.13. The van der Waals surface area contributed by atoms with E-state index in [1.807, 2.05) is 64.1 Å². The van der Waals surface area contributed by atoms with E-state index >= 15 is 0 Å². The van der Waals surface area contributed by atoms with Crippen molar-refractivity contribution in [2.45, 2.75) is 71.8 Å². The second-order valence-corrected chi connectivity index (χ2v) is 14.1. The first-order valence-corrected chi connectivity index (χ1v) is 17.1. The fraction of sp³-hybridized carbons (Fsp3) is 0.410. The first kappa shape index (κ1) is 36.1. The van der Waals surface area contributed by atoms with Crippen molar-refractivity contribution in [1.29, 1.82) is 0 Å². The van der Waals surface area contributed by atoms with Crippen molar-refractivity contribution in [1.82, 2.24) is 5.32 Å². The van der Waals surface area contributed by atoms with Gasteiger partial charge < -0.3 is 20.5 Å². The molecule has 0 bridgehead atoms. The van der Waals surface area contributed by atoms with E-state index in [9.17, 15) is 24.3 Å². The van der Waals surface area contributed by atoms with Gasteiger partial charge in [0.1, 0.15) is 11.4 Å². The number of hydrogen-bond donors (Lipinski definition) is 3. The molecule has 1 heterocycles. The Hall–Kier alpha value is -5.19. The highest BCUT2D eigenvalue weighted by molar-refractivity contribution is 6.01. The van der Waals surface area contributed by atoms with Crippen molar-refractivity contribution in [2.75, 3.05) is 18.5 Å². The maximum atomic E-state index is 13.8. The van der Waals surface area contributed by atoms with Crippen LogP contribution in [0.15, 0.2) is 82.0 Å². The van der Waals surface area contributed by atoms with E-state index in [1.54, 1.807) is 30.3 Å². The van der Waals surface area contributed by atoms with Gasteiger partial charge in [-0.3, -0.25) is 9.59 Å². The number of carboxylic acid groups (broad SMARTS) is 1. The van der Waals surface area contributed by atoms with Crippen molar-refractivity contribution in [3.8, 4) is 11.1 Å². The van der Waals surface area contributed by atoms with Gasteiger partial charge in [0, 0.05) is 36.1 Å². The summed E-state index contributed by atoms with van der Waals surface area (Å²) in [5.41, 5.74) is 4.72. The summed E-state index contributed by atoms with van der Waals surface area (Å²) in [7, 11) is 0. The standard InChI is InChI=1S/C39H45N5O6/c1-24-19-30(37(47)48)15-18-33(24)27-9-5-25(6-10-27)20-31(36(46)43-32-16-13-29(14-17-32)35-41-23-42-44-35)21-34(45)28-11-7-26(8-12-28)22-40-38(49)50-39(2,3)4/h5-6,9-10,13-19,26,28,31H,7-8,11-12,20-23H2,1-4H3,(H,40,49)(H,43,46)(H,47,48)/t26?,28?,31-/m1/s1. The summed E-state index contributed by atoms with van der Waals surface area (Å²) in [6, 6.07) is 20.1. The molecule has 0 spiro atoms. The zero-order chi connectivity index (χ0) is 35.8. The highest BCUT2D eigenvalue weighted by Gasteiger charge is 2.31. The number of ketones is 1. The summed E-state index contributed by atoms with van der Waals surface area (Å²) >= 11 is 0. The summed E-state index contributed by atoms with van der Waals surface area (Å²) in [6.45, 7) is 8.18. The summed E-state index contributed by atoms with van der Waals surface area (Å²) in [5, 5.41) is 23.1. The van der Waals surface area contributed by atoms with E-state index in [0.29, 0.717) is 44.0 Å². The lowest BCUT2D eigenvalue weighted by Crippen LogP contribution is -2.37. The van der Waals surface area contributed by atoms with Crippen LogP contribution in [0.5, 0.6) is 0 Å². The second-order valence-electron chi connectivity index (χ2n) is 14.1. The fourth-order valence-corrected chi connectivity index (χ4v) is 6.45. The minimum absolute atomic E-state index is 0.0782. The van der Waals surface area contributed by atoms with Crippen molar-refractivity contribution in [3.63, 3.8) is 0 Å². The minimum atomic E-state index is -0.970. The van der Waals surface area contributed by atoms with Crippen LogP contribution in [0.4, 0.5) is 10.5 Å². The molecule has 0 saturated heterocycles. The Kier molecular flexibility index (Phi) is 11.6. The summed E-state index contributed by atoms with van der Waals surface area (Å²) in [6.07, 6.45) is 3.11. The molecule has 3 N–H and O–H groups in total. The predicted octanol–water partition coefficient (Wildman–Crippen LogP) is 7.62. The monoisotopic (exact) mass is 679 g/mol. The zero-order valence-corrected chi connectivity index (χ0v) is 29.1. The number of aliphatic imine (C=N–C) groups is 1. The Morgan fingerprint density at radius 1 is 0.920 bits per heavy atom. The van der Waals surface area contributed by atoms with Crippen molar-refractivity contribution in [3.05, 3.63) is 89.0 Å². The molecule has 11 heteroatoms. The van der Waals surface area contributed by atoms with Gasteiger partial charge in [-0.25, -0.2) is 14.6 Å². The second kappa shape index (κ2) is 16.0. The lowest BCUT2D eigenvalue weighted by molar-refractivity contribution is -0.129. The van der Waals surface area contributed by atoms with Gasteiger partial charge in [-0.1, -0.05) is 30.3 Å². The molecule has 3 aromatic carbocycles. The van der Waals surface area contributed by atoms with Crippen LogP contribution >= 0.6 is 0 Å². The number of carbonyl (C=O) groups is 4. The molecule has 5 rings (SSSR count). The van der Waals surface area contributed by atoms with Gasteiger partial charge in [-0.2, -0.15) is 5.11 Å². The number of anilines is 1. The highest BCUT2D eigenvalue weighted by Crippen LogP contribution is 2.32. The molecule has 262 valence electrons. The molecular weight excluding hydrogens is 634 g/mol. The van der Waals surface area contributed by atoms with Gasteiger partial charge in [0.05, 0.1) is 5.56 Å². The van der Waals surface area contributed by atoms with Gasteiger partial charge in [0.2, 0.25) is 5.91 Å². The van der Waals surface area contributed by atoms with E-state index in [0.717, 1.165) is 40.7 Å². The molecule has 2 aliphatic rings. The van der Waals surface area contributed by atoms with Gasteiger partial charge in [0.15, 0.2) is 12.5 Å². The van der Waals surface area contributed by atoms with Crippen molar-refractivity contribution in [2.24, 2.45) is 33.0 Å². The van der Waals surface area contributed by atoms with E-state index in [-0.39, 0.29) is 35.5 Å². The molecule has 1 fully saturated rings. The molecule has 0 aromatic heterocycles. The largest absolute Gasteiger partial charge is 0.478 e. The molecule has 1 atom stereocenters. The summed E-state index contributed by atoms with van der Waals surface area (Å²) in [5.74, 6) is -1.03. The molecule has 11 nitrogen and oxygen atoms in total. The first-order valence-electron chi connectivity index (χ1n) is 17.1. The number of alkyl carbamates (subject to hydrolysis) is 1. The quantitative estimate of drug-likeness (QED) is 0.179. The SMILES string of the molecule is Cc1cc(C(=O)O)ccc1-c1ccc(C[C@H](CC(=O)C2CCC(CNC(=O)OC(C)(C)C)CC2)C(=O)Nc2ccc(C3=NCN=N3)cc2)cc1. The molecule has 1 saturated carbocycles. The van der Waals surface area contributed by atoms with E-state index < -0.39 is 23.6 Å². The Morgan fingerprint density at radius 2 is 1.60 bits per heavy atom. The number of nitrogens with zero attached hydrogens (tertiary/aromatic N) is 3. The van der Waals surface area contributed by atoms with Gasteiger partial charge in [-0.05, 0) is 124 Å². The lowest BCUT2D eigenvalue weighted by Gasteiger charge is -2.29. The molecule has 0 radical (unpaired) electrons. The molecule has 1 aliphatic heterocycles. The number of benzene rings is 3. The van der Waals surface area contributed by atoms with Crippen LogP contribution in [0.25, 0.3) is 11.1 Å². The van der Waals surface area contributed by atoms with Crippen molar-refractivity contribution < 1.29 is 29.0 Å². The van der Waals surface area contributed by atoms with Crippen LogP contribution in [0, 0.1) is 24.7 Å². The lowest BCUT2D eigenvalue weighted by atomic mass is 9.77. The highest BCUT2D eigenvalue weighted by atomic mass is 16.6. The van der Waals surface area contributed by atoms with Gasteiger partial charge >= 0.3 is 12.1 Å². The smallest absolute Gasteiger partial charge is 0.407 e. The van der Waals surface area contributed by atoms with Crippen LogP contribution < -0.4 is 10.6 Å². The number of carboxylic acids is 1. The fourth-order valence-electron chi connectivity index (χ4n) is 6.45. The molecular formula is C39H45N5O6. The van der Waals surface area contributed by atoms with Gasteiger partial charge in [-0.15, -0.1) is 5.11 Å². The Labute approximate surface area is 292 Å². The molecule has 0 unspecified atom stereocenters. The van der Waals surface area contributed by atoms with E-state index in [2.05, 4.69) is 25.9 Å². The molecule has 1 aliphatic carbocycles. The van der Waals surface area contributed by atoms with Crippen LogP contribution in [0.3, 0.4) is 0 Å². The summed E-state index contributed by atoms with van der Waals surface area (Å²) < 4.78 is 5.35. The topological polar surface area (TPSA) is 159 Å². The van der Waals surface area contributed by atoms with Crippen molar-refractivity contribution >= 4 is 35.3 Å². The third-order valence-corrected chi connectivity index (χ3v) is 9.13. The maximum absolute atomic E-state index is 13.8. The average Bonchev–Trinajstić information content (AvgIpc) is 3.62. The number of rotatable bonds is 12. The summed E-state index contributed by atoms with van der Waals surface area (Å²) in [4.78, 5) is 55.2. The number of aryl methyl sites for hydroxylation is 1. The number of amidine groups is 1. The Morgan fingerprint density at radius 3 is 2.20 bits per heavy atom. The number of amides is 2. The predicted molar refractivity (Wildman–Crippen MR) is 191 cm³/mol. The Balaban J connectivity index is 1.25. The third kappa shape index (κ3) is 9.93. The molecule has 3 aromatic rings. The Bertz CT molecular complexity index is 1770. The normalized spacial score (nSPS) is 17.8. The first-order chi connectivity index (χ1) is 23.8. The van der Waals surface area contributed by atoms with E-state index in [1.165, 1.54) is 0 Å². The van der Waals surface area contributed by atoms with E-state index in [4.69, 9.17) is 4.74 Å². The number of ether oxygens (including phenoxy) is 1. The zero-order valence-electron chi connectivity index (χ0n) is 29.1. The number of nitrogens with one attached hydrogen (secondary N) is 2. The minimum Gasteiger partial charge on any atom is -0.478 e. The molecule has 50 heavy (non-hydrogen) atoms. The number of aromatic carboxylic acids is 1.